The van der Waals surface area contributed by atoms with Crippen molar-refractivity contribution in [1.29, 1.82) is 0 Å². The fraction of sp³-hybridized carbons (Fsp3) is 0.926. The van der Waals surface area contributed by atoms with Gasteiger partial charge in [-0.25, -0.2) is 0 Å². The number of hydrogen-bond donors (Lipinski definition) is 0. The van der Waals surface area contributed by atoms with E-state index in [1.807, 2.05) is 0 Å². The van der Waals surface area contributed by atoms with E-state index in [2.05, 4.69) is 25.7 Å². The minimum Gasteiger partial charge on any atom is -0.104 e. The molecule has 0 bridgehead atoms. The summed E-state index contributed by atoms with van der Waals surface area (Å²) in [4.78, 5) is 0. The van der Waals surface area contributed by atoms with Crippen molar-refractivity contribution in [3.63, 3.8) is 0 Å². The molecule has 160 valence electrons. The highest BCUT2D eigenvalue weighted by Crippen LogP contribution is 2.15. The third-order valence-corrected chi connectivity index (χ3v) is 5.71. The van der Waals surface area contributed by atoms with E-state index in [9.17, 15) is 0 Å². The monoisotopic (exact) mass is 376 g/mol. The zero-order valence-electron chi connectivity index (χ0n) is 19.3. The molecule has 0 aromatic rings. The minimum absolute atomic E-state index is 1.01. The Labute approximate surface area is 173 Å². The van der Waals surface area contributed by atoms with Gasteiger partial charge in [0.25, 0.3) is 0 Å². The normalized spacial score (nSPS) is 10.7. The lowest BCUT2D eigenvalue weighted by Gasteiger charge is -2.04. The molecule has 0 nitrogen and oxygen atoms in total. The van der Waals surface area contributed by atoms with Crippen molar-refractivity contribution in [2.45, 2.75) is 162 Å². The zero-order chi connectivity index (χ0) is 19.7. The molecule has 0 heteroatoms. The van der Waals surface area contributed by atoms with E-state index in [1.165, 1.54) is 135 Å². The maximum Gasteiger partial charge on any atom is 0.00886 e. The van der Waals surface area contributed by atoms with Gasteiger partial charge in [0.1, 0.15) is 0 Å². The summed E-state index contributed by atoms with van der Waals surface area (Å²) < 4.78 is 0. The van der Waals surface area contributed by atoms with E-state index in [4.69, 9.17) is 0 Å². The molecule has 0 aliphatic rings. The Morgan fingerprint density at radius 3 is 0.926 bits per heavy atom. The van der Waals surface area contributed by atoms with Crippen molar-refractivity contribution < 1.29 is 0 Å². The highest BCUT2D eigenvalue weighted by Gasteiger charge is 1.95. The Hall–Kier alpha value is -0.440. The van der Waals surface area contributed by atoms with Gasteiger partial charge in [0.05, 0.1) is 0 Å². The standard InChI is InChI=1S/C27H52/c1-3-5-7-9-11-13-15-17-19-21-23-25-27-26-24-22-20-18-16-14-12-10-8-6-4-2/h3-5,7,9-27H2,1-2H3. The summed E-state index contributed by atoms with van der Waals surface area (Å²) in [6.07, 6.45) is 32.7. The van der Waals surface area contributed by atoms with Crippen LogP contribution >= 0.6 is 0 Å². The van der Waals surface area contributed by atoms with Crippen LogP contribution in [-0.4, -0.2) is 0 Å². The van der Waals surface area contributed by atoms with Gasteiger partial charge in [-0.1, -0.05) is 142 Å². The highest BCUT2D eigenvalue weighted by atomic mass is 14.0. The molecule has 0 fully saturated rings. The molecule has 0 spiro atoms. The summed E-state index contributed by atoms with van der Waals surface area (Å²) in [7, 11) is 0. The Morgan fingerprint density at radius 1 is 0.333 bits per heavy atom. The number of unbranched alkanes of at least 4 members (excludes halogenated alkanes) is 21. The largest absolute Gasteiger partial charge is 0.104 e. The Balaban J connectivity index is 2.99. The van der Waals surface area contributed by atoms with Crippen molar-refractivity contribution in [2.75, 3.05) is 0 Å². The average molecular weight is 377 g/mol. The fourth-order valence-corrected chi connectivity index (χ4v) is 3.86. The molecule has 0 heterocycles. The lowest BCUT2D eigenvalue weighted by atomic mass is 10.0. The van der Waals surface area contributed by atoms with Gasteiger partial charge < -0.3 is 0 Å². The Bertz CT molecular complexity index is 306. The van der Waals surface area contributed by atoms with Gasteiger partial charge in [-0.05, 0) is 6.42 Å². The lowest BCUT2D eigenvalue weighted by Crippen LogP contribution is -1.84. The van der Waals surface area contributed by atoms with Crippen LogP contribution in [0.15, 0.2) is 0 Å². The van der Waals surface area contributed by atoms with Gasteiger partial charge in [0.2, 0.25) is 0 Å². The second kappa shape index (κ2) is 25.6. The van der Waals surface area contributed by atoms with Crippen LogP contribution in [0.3, 0.4) is 0 Å². The Kier molecular flexibility index (Phi) is 25.1. The maximum absolute atomic E-state index is 3.25. The lowest BCUT2D eigenvalue weighted by molar-refractivity contribution is 0.520. The minimum atomic E-state index is 1.01. The summed E-state index contributed by atoms with van der Waals surface area (Å²) in [5.41, 5.74) is 0. The van der Waals surface area contributed by atoms with Gasteiger partial charge in [0.15, 0.2) is 0 Å². The van der Waals surface area contributed by atoms with Crippen molar-refractivity contribution in [2.24, 2.45) is 0 Å². The van der Waals surface area contributed by atoms with Crippen LogP contribution < -0.4 is 0 Å². The summed E-state index contributed by atoms with van der Waals surface area (Å²) in [5, 5.41) is 0. The van der Waals surface area contributed by atoms with Crippen molar-refractivity contribution >= 4 is 0 Å². The molecule has 0 saturated heterocycles. The highest BCUT2D eigenvalue weighted by molar-refractivity contribution is 4.97. The van der Waals surface area contributed by atoms with Crippen LogP contribution in [-0.2, 0) is 0 Å². The van der Waals surface area contributed by atoms with E-state index in [0.29, 0.717) is 0 Å². The first-order valence-corrected chi connectivity index (χ1v) is 12.9. The van der Waals surface area contributed by atoms with E-state index >= 15 is 0 Å². The molecule has 27 heavy (non-hydrogen) atoms. The molecule has 0 rings (SSSR count). The third kappa shape index (κ3) is 25.6. The van der Waals surface area contributed by atoms with Crippen molar-refractivity contribution in [3.05, 3.63) is 0 Å². The molecular formula is C27H52. The van der Waals surface area contributed by atoms with Gasteiger partial charge in [-0.2, -0.15) is 0 Å². The predicted octanol–water partition coefficient (Wildman–Crippen LogP) is 10.0. The van der Waals surface area contributed by atoms with Crippen molar-refractivity contribution in [1.82, 2.24) is 0 Å². The summed E-state index contributed by atoms with van der Waals surface area (Å²) >= 11 is 0. The number of hydrogen-bond acceptors (Lipinski definition) is 0. The second-order valence-corrected chi connectivity index (χ2v) is 8.53. The molecule has 0 aliphatic carbocycles. The Morgan fingerprint density at radius 2 is 0.630 bits per heavy atom. The zero-order valence-corrected chi connectivity index (χ0v) is 19.3. The smallest absolute Gasteiger partial charge is 0.00886 e. The quantitative estimate of drug-likeness (QED) is 0.138. The molecule has 0 unspecified atom stereocenters. The second-order valence-electron chi connectivity index (χ2n) is 8.53. The summed E-state index contributed by atoms with van der Waals surface area (Å²) in [6, 6.07) is 0. The van der Waals surface area contributed by atoms with Gasteiger partial charge in [0, 0.05) is 12.8 Å². The average Bonchev–Trinajstić information content (AvgIpc) is 2.68. The first-order chi connectivity index (χ1) is 13.4. The fourth-order valence-electron chi connectivity index (χ4n) is 3.86. The summed E-state index contributed by atoms with van der Waals surface area (Å²) in [5.74, 6) is 6.41. The van der Waals surface area contributed by atoms with E-state index in [-0.39, 0.29) is 0 Å². The molecule has 0 saturated carbocycles. The first kappa shape index (κ1) is 26.6. The molecule has 0 aliphatic heterocycles. The molecule has 0 amide bonds. The molecule has 0 atom stereocenters. The van der Waals surface area contributed by atoms with Crippen LogP contribution in [0.5, 0.6) is 0 Å². The molecule has 0 radical (unpaired) electrons. The van der Waals surface area contributed by atoms with Crippen LogP contribution in [0.1, 0.15) is 162 Å². The molecule has 0 aromatic carbocycles. The number of rotatable bonds is 21. The van der Waals surface area contributed by atoms with Crippen LogP contribution in [0, 0.1) is 11.8 Å². The topological polar surface area (TPSA) is 0 Å². The van der Waals surface area contributed by atoms with Crippen LogP contribution in [0.4, 0.5) is 0 Å². The maximum atomic E-state index is 3.25. The van der Waals surface area contributed by atoms with E-state index in [1.54, 1.807) is 0 Å². The van der Waals surface area contributed by atoms with E-state index < -0.39 is 0 Å². The summed E-state index contributed by atoms with van der Waals surface area (Å²) in [6.45, 7) is 4.43. The van der Waals surface area contributed by atoms with E-state index in [0.717, 1.165) is 12.8 Å². The SMILES string of the molecule is CCC#CCCCCCCCCCCCCCCCCCCCCCCC. The molecule has 0 aromatic heterocycles. The molecular weight excluding hydrogens is 324 g/mol. The van der Waals surface area contributed by atoms with Gasteiger partial charge >= 0.3 is 0 Å². The molecule has 0 N–H and O–H groups in total. The van der Waals surface area contributed by atoms with Gasteiger partial charge in [-0.15, -0.1) is 11.8 Å². The first-order valence-electron chi connectivity index (χ1n) is 12.9. The van der Waals surface area contributed by atoms with Gasteiger partial charge in [-0.3, -0.25) is 0 Å². The van der Waals surface area contributed by atoms with Crippen molar-refractivity contribution in [3.8, 4) is 11.8 Å². The van der Waals surface area contributed by atoms with Crippen LogP contribution in [0.2, 0.25) is 0 Å². The van der Waals surface area contributed by atoms with Crippen LogP contribution in [0.25, 0.3) is 0 Å². The third-order valence-electron chi connectivity index (χ3n) is 5.71. The predicted molar refractivity (Wildman–Crippen MR) is 125 cm³/mol.